The SMILES string of the molecule is C=C1[C@@H]2CC[C@H]3[C@@]45CC[C@H](O)[C@@](C)(C(=O)O4)[C@H]5[C@H](C(=O)OC)[C@]3(C2)[C@H]1F. The molecule has 142 valence electrons. The summed E-state index contributed by atoms with van der Waals surface area (Å²) in [4.78, 5) is 25.8. The lowest BCUT2D eigenvalue weighted by molar-refractivity contribution is -0.165. The van der Waals surface area contributed by atoms with Crippen LogP contribution in [0.2, 0.25) is 0 Å². The number of alkyl halides is 1. The molecule has 1 N–H and O–H groups in total. The first-order valence-corrected chi connectivity index (χ1v) is 9.57. The Morgan fingerprint density at radius 1 is 1.38 bits per heavy atom. The Bertz CT molecular complexity index is 736. The molecule has 0 aromatic rings. The van der Waals surface area contributed by atoms with E-state index in [9.17, 15) is 14.7 Å². The Balaban J connectivity index is 1.78. The molecule has 4 bridgehead atoms. The third-order valence-corrected chi connectivity index (χ3v) is 8.73. The summed E-state index contributed by atoms with van der Waals surface area (Å²) in [5.74, 6) is -2.44. The monoisotopic (exact) mass is 364 g/mol. The summed E-state index contributed by atoms with van der Waals surface area (Å²) in [5.41, 5.74) is -2.42. The third-order valence-electron chi connectivity index (χ3n) is 8.73. The Labute approximate surface area is 151 Å². The van der Waals surface area contributed by atoms with Crippen molar-refractivity contribution in [3.05, 3.63) is 12.2 Å². The van der Waals surface area contributed by atoms with Gasteiger partial charge in [0.2, 0.25) is 0 Å². The zero-order chi connectivity index (χ0) is 18.6. The second-order valence-corrected chi connectivity index (χ2v) is 9.24. The van der Waals surface area contributed by atoms with Gasteiger partial charge >= 0.3 is 11.9 Å². The molecule has 5 nitrogen and oxygen atoms in total. The number of methoxy groups -OCH3 is 1. The van der Waals surface area contributed by atoms with Gasteiger partial charge in [-0.1, -0.05) is 6.58 Å². The minimum atomic E-state index is -1.30. The fraction of sp³-hybridized carbons (Fsp3) is 0.800. The molecule has 0 aromatic heterocycles. The van der Waals surface area contributed by atoms with Gasteiger partial charge < -0.3 is 14.6 Å². The van der Waals surface area contributed by atoms with Crippen LogP contribution in [0.25, 0.3) is 0 Å². The predicted octanol–water partition coefficient (Wildman–Crippen LogP) is 2.17. The Morgan fingerprint density at radius 3 is 2.81 bits per heavy atom. The van der Waals surface area contributed by atoms with E-state index in [-0.39, 0.29) is 11.8 Å². The molecule has 1 heterocycles. The second-order valence-electron chi connectivity index (χ2n) is 9.24. The molecule has 4 saturated carbocycles. The molecule has 0 aromatic carbocycles. The number of esters is 2. The molecule has 5 fully saturated rings. The maximum Gasteiger partial charge on any atom is 0.315 e. The van der Waals surface area contributed by atoms with Crippen molar-refractivity contribution in [3.63, 3.8) is 0 Å². The molecule has 4 aliphatic carbocycles. The van der Waals surface area contributed by atoms with Gasteiger partial charge in [0.15, 0.2) is 0 Å². The second kappa shape index (κ2) is 4.70. The summed E-state index contributed by atoms with van der Waals surface area (Å²) in [7, 11) is 1.31. The number of carbonyl (C=O) groups excluding carboxylic acids is 2. The molecule has 0 amide bonds. The van der Waals surface area contributed by atoms with E-state index in [0.29, 0.717) is 31.3 Å². The Hall–Kier alpha value is -1.43. The number of hydrogen-bond donors (Lipinski definition) is 1. The fourth-order valence-corrected chi connectivity index (χ4v) is 7.73. The van der Waals surface area contributed by atoms with E-state index in [2.05, 4.69) is 6.58 Å². The van der Waals surface area contributed by atoms with Gasteiger partial charge in [-0.2, -0.15) is 0 Å². The lowest BCUT2D eigenvalue weighted by Gasteiger charge is -2.44. The van der Waals surface area contributed by atoms with Crippen LogP contribution in [0.4, 0.5) is 4.39 Å². The van der Waals surface area contributed by atoms with Crippen LogP contribution < -0.4 is 0 Å². The molecule has 1 saturated heterocycles. The first kappa shape index (κ1) is 16.7. The van der Waals surface area contributed by atoms with E-state index in [1.54, 1.807) is 6.92 Å². The Morgan fingerprint density at radius 2 is 2.12 bits per heavy atom. The van der Waals surface area contributed by atoms with Crippen LogP contribution in [0, 0.1) is 34.5 Å². The number of carbonyl (C=O) groups is 2. The van der Waals surface area contributed by atoms with E-state index in [1.165, 1.54) is 7.11 Å². The van der Waals surface area contributed by atoms with Crippen molar-refractivity contribution in [2.24, 2.45) is 34.5 Å². The number of aliphatic hydroxyl groups is 1. The van der Waals surface area contributed by atoms with Gasteiger partial charge in [-0.05, 0) is 50.5 Å². The van der Waals surface area contributed by atoms with Gasteiger partial charge in [0.25, 0.3) is 0 Å². The molecule has 5 rings (SSSR count). The summed E-state index contributed by atoms with van der Waals surface area (Å²) < 4.78 is 26.8. The standard InChI is InChI=1S/C20H25FO5/c1-9-10-4-5-11-19(8-10,15(9)21)13(16(23)25-3)14-18(2)12(22)6-7-20(11,14)26-17(18)24/h10-15,22H,1,4-8H2,2-3H3/t10-,11-,12+,13-,14-,15+,18-,19-,20-/m1/s1. The highest BCUT2D eigenvalue weighted by atomic mass is 19.1. The molecule has 26 heavy (non-hydrogen) atoms. The highest BCUT2D eigenvalue weighted by molar-refractivity contribution is 5.86. The largest absolute Gasteiger partial charge is 0.469 e. The first-order valence-electron chi connectivity index (χ1n) is 9.57. The number of rotatable bonds is 1. The van der Waals surface area contributed by atoms with Crippen molar-refractivity contribution in [2.45, 2.75) is 56.9 Å². The smallest absolute Gasteiger partial charge is 0.315 e. The third kappa shape index (κ3) is 1.43. The molecular formula is C20H25FO5. The van der Waals surface area contributed by atoms with Crippen molar-refractivity contribution >= 4 is 11.9 Å². The van der Waals surface area contributed by atoms with Crippen molar-refractivity contribution in [1.82, 2.24) is 0 Å². The Kier molecular flexibility index (Phi) is 3.02. The quantitative estimate of drug-likeness (QED) is 0.570. The predicted molar refractivity (Wildman–Crippen MR) is 88.5 cm³/mol. The van der Waals surface area contributed by atoms with Gasteiger partial charge in [-0.15, -0.1) is 0 Å². The topological polar surface area (TPSA) is 72.8 Å². The average molecular weight is 364 g/mol. The van der Waals surface area contributed by atoms with Crippen LogP contribution in [-0.4, -0.2) is 42.0 Å². The summed E-state index contributed by atoms with van der Waals surface area (Å²) in [6, 6.07) is 0. The molecular weight excluding hydrogens is 339 g/mol. The summed E-state index contributed by atoms with van der Waals surface area (Å²) >= 11 is 0. The van der Waals surface area contributed by atoms with Crippen molar-refractivity contribution in [2.75, 3.05) is 7.11 Å². The van der Waals surface area contributed by atoms with Gasteiger partial charge in [0.05, 0.1) is 24.5 Å². The molecule has 9 atom stereocenters. The number of aliphatic hydroxyl groups excluding tert-OH is 1. The van der Waals surface area contributed by atoms with Crippen LogP contribution in [0.3, 0.4) is 0 Å². The van der Waals surface area contributed by atoms with Crippen LogP contribution in [0.1, 0.15) is 39.0 Å². The number of allylic oxidation sites excluding steroid dienone is 1. The van der Waals surface area contributed by atoms with E-state index in [0.717, 1.165) is 6.42 Å². The minimum Gasteiger partial charge on any atom is -0.469 e. The maximum absolute atomic E-state index is 15.7. The summed E-state index contributed by atoms with van der Waals surface area (Å²) in [5, 5.41) is 10.7. The lowest BCUT2D eigenvalue weighted by atomic mass is 9.59. The molecule has 1 spiro atoms. The van der Waals surface area contributed by atoms with E-state index in [4.69, 9.17) is 9.47 Å². The molecule has 0 radical (unpaired) electrons. The zero-order valence-corrected chi connectivity index (χ0v) is 15.2. The first-order chi connectivity index (χ1) is 12.2. The normalized spacial score (nSPS) is 56.8. The van der Waals surface area contributed by atoms with Gasteiger partial charge in [0, 0.05) is 17.3 Å². The number of fused-ring (bicyclic) bond motifs is 1. The zero-order valence-electron chi connectivity index (χ0n) is 15.2. The van der Waals surface area contributed by atoms with Crippen molar-refractivity contribution in [3.8, 4) is 0 Å². The summed E-state index contributed by atoms with van der Waals surface area (Å²) in [6.07, 6.45) is 0.796. The van der Waals surface area contributed by atoms with Gasteiger partial charge in [-0.3, -0.25) is 9.59 Å². The molecule has 1 aliphatic heterocycles. The fourth-order valence-electron chi connectivity index (χ4n) is 7.73. The van der Waals surface area contributed by atoms with Gasteiger partial charge in [-0.25, -0.2) is 4.39 Å². The number of hydrogen-bond acceptors (Lipinski definition) is 5. The number of ether oxygens (including phenoxy) is 2. The van der Waals surface area contributed by atoms with E-state index in [1.807, 2.05) is 0 Å². The number of halogens is 1. The highest BCUT2D eigenvalue weighted by Gasteiger charge is 2.85. The van der Waals surface area contributed by atoms with E-state index >= 15 is 4.39 Å². The van der Waals surface area contributed by atoms with Crippen molar-refractivity contribution < 1.29 is 28.6 Å². The minimum absolute atomic E-state index is 0.0666. The average Bonchev–Trinajstić information content (AvgIpc) is 3.07. The van der Waals surface area contributed by atoms with Crippen LogP contribution in [0.15, 0.2) is 12.2 Å². The molecule has 5 aliphatic rings. The van der Waals surface area contributed by atoms with Crippen LogP contribution in [0.5, 0.6) is 0 Å². The maximum atomic E-state index is 15.7. The van der Waals surface area contributed by atoms with Gasteiger partial charge in [0.1, 0.15) is 11.8 Å². The van der Waals surface area contributed by atoms with Crippen LogP contribution >= 0.6 is 0 Å². The lowest BCUT2D eigenvalue weighted by Crippen LogP contribution is -2.53. The highest BCUT2D eigenvalue weighted by Crippen LogP contribution is 2.78. The molecule has 6 heteroatoms. The van der Waals surface area contributed by atoms with Crippen molar-refractivity contribution in [1.29, 1.82) is 0 Å². The van der Waals surface area contributed by atoms with Crippen LogP contribution in [-0.2, 0) is 19.1 Å². The van der Waals surface area contributed by atoms with E-state index < -0.39 is 52.5 Å². The summed E-state index contributed by atoms with van der Waals surface area (Å²) in [6.45, 7) is 5.68. The molecule has 0 unspecified atom stereocenters.